The Bertz CT molecular complexity index is 223. The second kappa shape index (κ2) is 4.54. The van der Waals surface area contributed by atoms with Gasteiger partial charge >= 0.3 is 5.97 Å². The Morgan fingerprint density at radius 3 is 2.27 bits per heavy atom. The summed E-state index contributed by atoms with van der Waals surface area (Å²) in [4.78, 5) is 10.8. The summed E-state index contributed by atoms with van der Waals surface area (Å²) in [7, 11) is 0. The molecule has 1 N–H and O–H groups in total. The summed E-state index contributed by atoms with van der Waals surface area (Å²) in [5, 5.41) is 8.86. The van der Waals surface area contributed by atoms with Crippen LogP contribution in [-0.4, -0.2) is 11.1 Å². The van der Waals surface area contributed by atoms with Crippen molar-refractivity contribution in [2.24, 2.45) is 23.7 Å². The second-order valence-electron chi connectivity index (χ2n) is 5.45. The summed E-state index contributed by atoms with van der Waals surface area (Å²) >= 11 is 0. The number of carboxylic acid groups (broad SMARTS) is 1. The summed E-state index contributed by atoms with van der Waals surface area (Å²) in [6, 6.07) is 0. The first-order valence-electron chi connectivity index (χ1n) is 6.42. The van der Waals surface area contributed by atoms with Crippen LogP contribution in [0, 0.1) is 23.7 Å². The molecule has 3 aliphatic rings. The molecule has 0 aromatic carbocycles. The van der Waals surface area contributed by atoms with E-state index in [1.807, 2.05) is 0 Å². The molecule has 0 radical (unpaired) electrons. The van der Waals surface area contributed by atoms with Gasteiger partial charge in [-0.15, -0.1) is 0 Å². The highest BCUT2D eigenvalue weighted by Gasteiger charge is 2.42. The fraction of sp³-hybridized carbons (Fsp3) is 0.923. The van der Waals surface area contributed by atoms with E-state index in [2.05, 4.69) is 6.92 Å². The zero-order valence-corrected chi connectivity index (χ0v) is 9.61. The van der Waals surface area contributed by atoms with E-state index in [1.165, 1.54) is 38.5 Å². The van der Waals surface area contributed by atoms with Crippen LogP contribution in [0.15, 0.2) is 0 Å². The van der Waals surface area contributed by atoms with E-state index in [1.54, 1.807) is 0 Å². The SMILES string of the molecule is CCC1CC[C@@H]2C[C@H](CC1)C2CC(=O)O. The Hall–Kier alpha value is -0.530. The van der Waals surface area contributed by atoms with Crippen LogP contribution in [0.4, 0.5) is 0 Å². The summed E-state index contributed by atoms with van der Waals surface area (Å²) in [6.45, 7) is 2.28. The van der Waals surface area contributed by atoms with Gasteiger partial charge in [0.1, 0.15) is 0 Å². The lowest BCUT2D eigenvalue weighted by Crippen LogP contribution is -2.40. The molecule has 0 aromatic rings. The number of carboxylic acids is 1. The fourth-order valence-electron chi connectivity index (χ4n) is 3.58. The van der Waals surface area contributed by atoms with E-state index in [-0.39, 0.29) is 0 Å². The van der Waals surface area contributed by atoms with E-state index in [0.29, 0.717) is 12.3 Å². The van der Waals surface area contributed by atoms with Gasteiger partial charge in [0.2, 0.25) is 0 Å². The average Bonchev–Trinajstić information content (AvgIpc) is 2.13. The first-order chi connectivity index (χ1) is 7.20. The average molecular weight is 210 g/mol. The van der Waals surface area contributed by atoms with Crippen molar-refractivity contribution in [3.63, 3.8) is 0 Å². The Morgan fingerprint density at radius 1 is 1.20 bits per heavy atom. The highest BCUT2D eigenvalue weighted by atomic mass is 16.4. The lowest BCUT2D eigenvalue weighted by Gasteiger charge is -2.47. The minimum Gasteiger partial charge on any atom is -0.481 e. The smallest absolute Gasteiger partial charge is 0.303 e. The molecule has 2 nitrogen and oxygen atoms in total. The molecule has 3 fully saturated rings. The normalized spacial score (nSPS) is 40.1. The second-order valence-corrected chi connectivity index (χ2v) is 5.45. The third-order valence-corrected chi connectivity index (χ3v) is 4.70. The molecule has 0 amide bonds. The Kier molecular flexibility index (Phi) is 3.32. The maximum absolute atomic E-state index is 10.8. The lowest BCUT2D eigenvalue weighted by molar-refractivity contribution is -0.141. The quantitative estimate of drug-likeness (QED) is 0.776. The molecule has 15 heavy (non-hydrogen) atoms. The molecule has 2 heteroatoms. The molecule has 0 aromatic heterocycles. The minimum absolute atomic E-state index is 0.423. The van der Waals surface area contributed by atoms with Crippen LogP contribution in [0.3, 0.4) is 0 Å². The van der Waals surface area contributed by atoms with Crippen LogP contribution in [0.5, 0.6) is 0 Å². The van der Waals surface area contributed by atoms with Gasteiger partial charge in [-0.2, -0.15) is 0 Å². The van der Waals surface area contributed by atoms with Crippen molar-refractivity contribution < 1.29 is 9.90 Å². The third kappa shape index (κ3) is 2.35. The first kappa shape index (κ1) is 11.0. The van der Waals surface area contributed by atoms with E-state index < -0.39 is 5.97 Å². The van der Waals surface area contributed by atoms with E-state index in [4.69, 9.17) is 5.11 Å². The zero-order chi connectivity index (χ0) is 10.8. The van der Waals surface area contributed by atoms with Crippen LogP contribution in [-0.2, 0) is 4.79 Å². The van der Waals surface area contributed by atoms with E-state index >= 15 is 0 Å². The van der Waals surface area contributed by atoms with Crippen LogP contribution in [0.1, 0.15) is 51.9 Å². The van der Waals surface area contributed by atoms with Gasteiger partial charge in [0.25, 0.3) is 0 Å². The number of rotatable bonds is 3. The summed E-state index contributed by atoms with van der Waals surface area (Å²) in [6.07, 6.45) is 8.29. The molecule has 0 spiro atoms. The molecular formula is C13H22O2. The van der Waals surface area contributed by atoms with E-state index in [9.17, 15) is 4.79 Å². The predicted molar refractivity (Wildman–Crippen MR) is 59.6 cm³/mol. The van der Waals surface area contributed by atoms with Crippen molar-refractivity contribution in [2.75, 3.05) is 0 Å². The monoisotopic (exact) mass is 210 g/mol. The van der Waals surface area contributed by atoms with Crippen LogP contribution >= 0.6 is 0 Å². The number of carbonyl (C=O) groups is 1. The van der Waals surface area contributed by atoms with Gasteiger partial charge in [-0.1, -0.05) is 26.2 Å². The Morgan fingerprint density at radius 2 is 1.80 bits per heavy atom. The third-order valence-electron chi connectivity index (χ3n) is 4.70. The molecule has 3 saturated carbocycles. The van der Waals surface area contributed by atoms with Crippen molar-refractivity contribution in [2.45, 2.75) is 51.9 Å². The fourth-order valence-corrected chi connectivity index (χ4v) is 3.58. The highest BCUT2D eigenvalue weighted by molar-refractivity contribution is 5.67. The molecule has 4 atom stereocenters. The van der Waals surface area contributed by atoms with Crippen molar-refractivity contribution in [1.82, 2.24) is 0 Å². The molecular weight excluding hydrogens is 188 g/mol. The summed E-state index contributed by atoms with van der Waals surface area (Å²) < 4.78 is 0. The first-order valence-corrected chi connectivity index (χ1v) is 6.42. The summed E-state index contributed by atoms with van der Waals surface area (Å²) in [5.74, 6) is 2.31. The molecule has 2 unspecified atom stereocenters. The maximum atomic E-state index is 10.8. The van der Waals surface area contributed by atoms with Gasteiger partial charge in [0.15, 0.2) is 0 Å². The summed E-state index contributed by atoms with van der Waals surface area (Å²) in [5.41, 5.74) is 0. The van der Waals surface area contributed by atoms with E-state index in [0.717, 1.165) is 17.8 Å². The lowest BCUT2D eigenvalue weighted by atomic mass is 9.58. The molecule has 0 heterocycles. The molecule has 0 aliphatic heterocycles. The van der Waals surface area contributed by atoms with Gasteiger partial charge in [-0.05, 0) is 42.9 Å². The van der Waals surface area contributed by atoms with Crippen molar-refractivity contribution >= 4 is 5.97 Å². The van der Waals surface area contributed by atoms with Gasteiger partial charge in [-0.25, -0.2) is 0 Å². The largest absolute Gasteiger partial charge is 0.481 e. The predicted octanol–water partition coefficient (Wildman–Crippen LogP) is 3.31. The van der Waals surface area contributed by atoms with Crippen LogP contribution < -0.4 is 0 Å². The Balaban J connectivity index is 1.89. The zero-order valence-electron chi connectivity index (χ0n) is 9.61. The van der Waals surface area contributed by atoms with Crippen LogP contribution in [0.2, 0.25) is 0 Å². The van der Waals surface area contributed by atoms with Gasteiger partial charge in [0, 0.05) is 6.42 Å². The maximum Gasteiger partial charge on any atom is 0.303 e. The van der Waals surface area contributed by atoms with Gasteiger partial charge < -0.3 is 5.11 Å². The number of fused-ring (bicyclic) bond motifs is 4. The molecule has 3 rings (SSSR count). The van der Waals surface area contributed by atoms with Gasteiger partial charge in [-0.3, -0.25) is 4.79 Å². The van der Waals surface area contributed by atoms with Crippen molar-refractivity contribution in [3.8, 4) is 0 Å². The standard InChI is InChI=1S/C13H22O2/c1-2-9-3-5-10-7-11(6-4-9)12(10)8-13(14)15/h9-12H,2-8H2,1H3,(H,14,15)/t9?,10-,11+,12?. The number of hydrogen-bond donors (Lipinski definition) is 1. The van der Waals surface area contributed by atoms with Crippen molar-refractivity contribution in [1.29, 1.82) is 0 Å². The minimum atomic E-state index is -0.595. The van der Waals surface area contributed by atoms with Crippen molar-refractivity contribution in [3.05, 3.63) is 0 Å². The topological polar surface area (TPSA) is 37.3 Å². The Labute approximate surface area is 92.1 Å². The molecule has 86 valence electrons. The molecule has 3 aliphatic carbocycles. The number of aliphatic carboxylic acids is 1. The molecule has 0 saturated heterocycles. The van der Waals surface area contributed by atoms with Crippen LogP contribution in [0.25, 0.3) is 0 Å². The molecule has 2 bridgehead atoms. The highest BCUT2D eigenvalue weighted by Crippen LogP contribution is 2.50. The number of hydrogen-bond acceptors (Lipinski definition) is 1. The van der Waals surface area contributed by atoms with Gasteiger partial charge in [0.05, 0.1) is 0 Å².